The molecule has 0 fully saturated rings. The van der Waals surface area contributed by atoms with Crippen molar-refractivity contribution in [2.75, 3.05) is 0 Å². The number of hydrogen-bond donors (Lipinski definition) is 1. The van der Waals surface area contributed by atoms with Crippen LogP contribution in [0.3, 0.4) is 0 Å². The first kappa shape index (κ1) is 13.2. The monoisotopic (exact) mass is 224 g/mol. The highest BCUT2D eigenvalue weighted by molar-refractivity contribution is 5.32. The number of rotatable bonds is 3. The predicted molar refractivity (Wildman–Crippen MR) is 64.9 cm³/mol. The van der Waals surface area contributed by atoms with Gasteiger partial charge < -0.3 is 5.11 Å². The molecule has 1 aromatic carbocycles. The van der Waals surface area contributed by atoms with E-state index in [1.165, 1.54) is 0 Å². The van der Waals surface area contributed by atoms with Crippen LogP contribution in [0, 0.1) is 25.1 Å². The molecular formula is C14H21FO. The molecule has 1 N–H and O–H groups in total. The molecule has 0 bridgehead atoms. The van der Waals surface area contributed by atoms with Crippen LogP contribution < -0.4 is 0 Å². The third-order valence-corrected chi connectivity index (χ3v) is 3.43. The highest BCUT2D eigenvalue weighted by Gasteiger charge is 2.27. The van der Waals surface area contributed by atoms with E-state index in [1.54, 1.807) is 26.0 Å². The van der Waals surface area contributed by atoms with Crippen LogP contribution in [0.4, 0.5) is 4.39 Å². The highest BCUT2D eigenvalue weighted by Crippen LogP contribution is 2.36. The van der Waals surface area contributed by atoms with Crippen molar-refractivity contribution in [1.29, 1.82) is 0 Å². The van der Waals surface area contributed by atoms with Gasteiger partial charge >= 0.3 is 0 Å². The Kier molecular flexibility index (Phi) is 3.74. The van der Waals surface area contributed by atoms with E-state index < -0.39 is 6.10 Å². The molecular weight excluding hydrogens is 203 g/mol. The number of aliphatic hydroxyl groups excluding tert-OH is 1. The van der Waals surface area contributed by atoms with Crippen LogP contribution in [0.2, 0.25) is 0 Å². The third-order valence-electron chi connectivity index (χ3n) is 3.43. The van der Waals surface area contributed by atoms with Crippen molar-refractivity contribution >= 4 is 0 Å². The summed E-state index contributed by atoms with van der Waals surface area (Å²) in [6.45, 7) is 9.55. The molecule has 1 nitrogen and oxygen atoms in total. The van der Waals surface area contributed by atoms with Crippen LogP contribution in [0.1, 0.15) is 50.0 Å². The second kappa shape index (κ2) is 4.54. The molecule has 0 aliphatic carbocycles. The van der Waals surface area contributed by atoms with Crippen molar-refractivity contribution in [3.8, 4) is 0 Å². The molecule has 0 aliphatic heterocycles. The van der Waals surface area contributed by atoms with E-state index in [2.05, 4.69) is 0 Å². The maximum atomic E-state index is 13.5. The van der Waals surface area contributed by atoms with Crippen LogP contribution in [-0.4, -0.2) is 5.11 Å². The molecule has 0 spiro atoms. The average Bonchev–Trinajstić information content (AvgIpc) is 2.24. The summed E-state index contributed by atoms with van der Waals surface area (Å²) in [5.74, 6) is -0.176. The fourth-order valence-electron chi connectivity index (χ4n) is 1.78. The first-order chi connectivity index (χ1) is 7.29. The molecule has 0 radical (unpaired) electrons. The van der Waals surface area contributed by atoms with Crippen molar-refractivity contribution < 1.29 is 9.50 Å². The van der Waals surface area contributed by atoms with Gasteiger partial charge in [0.05, 0.1) is 6.10 Å². The molecule has 0 amide bonds. The summed E-state index contributed by atoms with van der Waals surface area (Å²) in [6, 6.07) is 3.48. The Balaban J connectivity index is 3.15. The number of hydrogen-bond acceptors (Lipinski definition) is 1. The van der Waals surface area contributed by atoms with E-state index in [0.29, 0.717) is 11.1 Å². The molecule has 90 valence electrons. The Bertz CT molecular complexity index is 359. The molecule has 0 saturated heterocycles. The minimum absolute atomic E-state index is 0.176. The molecule has 1 aromatic rings. The summed E-state index contributed by atoms with van der Waals surface area (Å²) >= 11 is 0. The smallest absolute Gasteiger partial charge is 0.129 e. The first-order valence-corrected chi connectivity index (χ1v) is 5.74. The minimum Gasteiger partial charge on any atom is -0.388 e. The summed E-state index contributed by atoms with van der Waals surface area (Å²) in [5, 5.41) is 10.3. The van der Waals surface area contributed by atoms with Crippen LogP contribution >= 0.6 is 0 Å². The van der Waals surface area contributed by atoms with E-state index in [-0.39, 0.29) is 11.2 Å². The van der Waals surface area contributed by atoms with E-state index in [9.17, 15) is 9.50 Å². The first-order valence-electron chi connectivity index (χ1n) is 5.74. The number of aryl methyl sites for hydroxylation is 2. The Morgan fingerprint density at radius 2 is 1.69 bits per heavy atom. The van der Waals surface area contributed by atoms with Crippen molar-refractivity contribution in [3.63, 3.8) is 0 Å². The normalized spacial score (nSPS) is 13.9. The molecule has 1 rings (SSSR count). The Hall–Kier alpha value is -0.890. The lowest BCUT2D eigenvalue weighted by Crippen LogP contribution is -2.21. The van der Waals surface area contributed by atoms with Gasteiger partial charge in [-0.3, -0.25) is 0 Å². The van der Waals surface area contributed by atoms with E-state index >= 15 is 0 Å². The van der Waals surface area contributed by atoms with Gasteiger partial charge in [0.2, 0.25) is 0 Å². The Morgan fingerprint density at radius 1 is 1.25 bits per heavy atom. The zero-order valence-corrected chi connectivity index (χ0v) is 10.8. The molecule has 0 aliphatic rings. The SMILES string of the molecule is CCC(C)(C)C(O)c1cc(C)c(F)c(C)c1. The maximum absolute atomic E-state index is 13.5. The molecule has 16 heavy (non-hydrogen) atoms. The van der Waals surface area contributed by atoms with Gasteiger partial charge in [0.15, 0.2) is 0 Å². The zero-order valence-electron chi connectivity index (χ0n) is 10.8. The lowest BCUT2D eigenvalue weighted by molar-refractivity contribution is 0.0464. The number of halogens is 1. The zero-order chi connectivity index (χ0) is 12.5. The van der Waals surface area contributed by atoms with Gasteiger partial charge in [0.1, 0.15) is 5.82 Å². The van der Waals surface area contributed by atoms with Crippen molar-refractivity contribution in [3.05, 3.63) is 34.6 Å². The van der Waals surface area contributed by atoms with Gasteiger partial charge in [0, 0.05) is 0 Å². The lowest BCUT2D eigenvalue weighted by atomic mass is 9.80. The quantitative estimate of drug-likeness (QED) is 0.825. The Labute approximate surface area is 97.3 Å². The molecule has 1 atom stereocenters. The third kappa shape index (κ3) is 2.43. The highest BCUT2D eigenvalue weighted by atomic mass is 19.1. The standard InChI is InChI=1S/C14H21FO/c1-6-14(4,5)13(16)11-7-9(2)12(15)10(3)8-11/h7-8,13,16H,6H2,1-5H3. The van der Waals surface area contributed by atoms with E-state index in [4.69, 9.17) is 0 Å². The van der Waals surface area contributed by atoms with Gasteiger partial charge in [-0.05, 0) is 42.4 Å². The van der Waals surface area contributed by atoms with Gasteiger partial charge in [0.25, 0.3) is 0 Å². The molecule has 0 aromatic heterocycles. The number of aliphatic hydroxyl groups is 1. The second-order valence-corrected chi connectivity index (χ2v) is 5.21. The van der Waals surface area contributed by atoms with Crippen molar-refractivity contribution in [2.45, 2.75) is 47.1 Å². The Morgan fingerprint density at radius 3 is 2.06 bits per heavy atom. The molecule has 0 heterocycles. The van der Waals surface area contributed by atoms with Crippen molar-refractivity contribution in [2.24, 2.45) is 5.41 Å². The number of benzene rings is 1. The second-order valence-electron chi connectivity index (χ2n) is 5.21. The average molecular weight is 224 g/mol. The van der Waals surface area contributed by atoms with Gasteiger partial charge in [-0.25, -0.2) is 4.39 Å². The fourth-order valence-corrected chi connectivity index (χ4v) is 1.78. The molecule has 1 unspecified atom stereocenters. The molecule has 0 saturated carbocycles. The van der Waals surface area contributed by atoms with Gasteiger partial charge in [-0.15, -0.1) is 0 Å². The predicted octanol–water partition coefficient (Wildman–Crippen LogP) is 3.91. The fraction of sp³-hybridized carbons (Fsp3) is 0.571. The summed E-state index contributed by atoms with van der Waals surface area (Å²) in [6.07, 6.45) is 0.333. The largest absolute Gasteiger partial charge is 0.388 e. The van der Waals surface area contributed by atoms with Crippen LogP contribution in [0.5, 0.6) is 0 Å². The summed E-state index contributed by atoms with van der Waals surface area (Å²) in [4.78, 5) is 0. The van der Waals surface area contributed by atoms with E-state index in [1.807, 2.05) is 20.8 Å². The summed E-state index contributed by atoms with van der Waals surface area (Å²) in [7, 11) is 0. The van der Waals surface area contributed by atoms with Crippen LogP contribution in [0.15, 0.2) is 12.1 Å². The molecule has 2 heteroatoms. The summed E-state index contributed by atoms with van der Waals surface area (Å²) < 4.78 is 13.5. The van der Waals surface area contributed by atoms with E-state index in [0.717, 1.165) is 12.0 Å². The lowest BCUT2D eigenvalue weighted by Gasteiger charge is -2.30. The van der Waals surface area contributed by atoms with Gasteiger partial charge in [-0.2, -0.15) is 0 Å². The minimum atomic E-state index is -0.546. The maximum Gasteiger partial charge on any atom is 0.129 e. The van der Waals surface area contributed by atoms with Crippen molar-refractivity contribution in [1.82, 2.24) is 0 Å². The summed E-state index contributed by atoms with van der Waals surface area (Å²) in [5.41, 5.74) is 1.82. The van der Waals surface area contributed by atoms with Crippen LogP contribution in [0.25, 0.3) is 0 Å². The van der Waals surface area contributed by atoms with Crippen LogP contribution in [-0.2, 0) is 0 Å². The topological polar surface area (TPSA) is 20.2 Å². The van der Waals surface area contributed by atoms with Gasteiger partial charge in [-0.1, -0.05) is 32.9 Å².